The normalized spacial score (nSPS) is 10.9. The summed E-state index contributed by atoms with van der Waals surface area (Å²) >= 11 is 5.53. The van der Waals surface area contributed by atoms with E-state index in [0.29, 0.717) is 11.3 Å². The molecule has 1 amide bonds. The lowest BCUT2D eigenvalue weighted by molar-refractivity contribution is -0.137. The summed E-state index contributed by atoms with van der Waals surface area (Å²) in [6.07, 6.45) is -4.62. The van der Waals surface area contributed by atoms with Crippen LogP contribution >= 0.6 is 11.6 Å². The van der Waals surface area contributed by atoms with E-state index in [4.69, 9.17) is 22.5 Å². The van der Waals surface area contributed by atoms with Crippen LogP contribution in [0.4, 0.5) is 24.5 Å². The second-order valence-electron chi connectivity index (χ2n) is 5.14. The number of anilines is 2. The van der Waals surface area contributed by atoms with Gasteiger partial charge in [0, 0.05) is 16.9 Å². The number of rotatable bonds is 5. The Labute approximate surface area is 151 Å². The number of amidine groups is 1. The predicted octanol–water partition coefficient (Wildman–Crippen LogP) is 4.77. The Bertz CT molecular complexity index is 854. The first-order valence-electron chi connectivity index (χ1n) is 7.17. The summed E-state index contributed by atoms with van der Waals surface area (Å²) in [5.41, 5.74) is 6.64. The van der Waals surface area contributed by atoms with Crippen molar-refractivity contribution in [2.75, 3.05) is 17.2 Å². The minimum absolute atomic E-state index is 0.0305. The highest BCUT2D eigenvalue weighted by Crippen LogP contribution is 2.36. The molecule has 2 aromatic carbocycles. The summed E-state index contributed by atoms with van der Waals surface area (Å²) in [6.45, 7) is -0.210. The molecule has 0 aliphatic rings. The topological polar surface area (TPSA) is 101 Å². The highest BCUT2D eigenvalue weighted by molar-refractivity contribution is 6.31. The molecular formula is C16H13ClF3N5O. The summed E-state index contributed by atoms with van der Waals surface area (Å²) in [7, 11) is 0. The zero-order chi connectivity index (χ0) is 19.3. The van der Waals surface area contributed by atoms with Gasteiger partial charge in [0.05, 0.1) is 17.1 Å². The van der Waals surface area contributed by atoms with Crippen molar-refractivity contribution < 1.29 is 18.0 Å². The van der Waals surface area contributed by atoms with Gasteiger partial charge in [-0.15, -0.1) is 5.11 Å². The molecule has 4 N–H and O–H groups in total. The van der Waals surface area contributed by atoms with Gasteiger partial charge in [-0.1, -0.05) is 23.7 Å². The lowest BCUT2D eigenvalue weighted by atomic mass is 10.2. The smallest absolute Gasteiger partial charge is 0.376 e. The number of alkyl halides is 3. The second kappa shape index (κ2) is 7.96. The Morgan fingerprint density at radius 2 is 1.88 bits per heavy atom. The fourth-order valence-electron chi connectivity index (χ4n) is 2.05. The first-order chi connectivity index (χ1) is 12.2. The van der Waals surface area contributed by atoms with E-state index in [1.807, 2.05) is 0 Å². The highest BCUT2D eigenvalue weighted by atomic mass is 35.5. The molecule has 0 heterocycles. The molecular weight excluding hydrogens is 371 g/mol. The average Bonchev–Trinajstić information content (AvgIpc) is 2.60. The van der Waals surface area contributed by atoms with Crippen LogP contribution in [-0.4, -0.2) is 18.3 Å². The number of nitrogens with one attached hydrogen (secondary N) is 4. The van der Waals surface area contributed by atoms with Crippen LogP contribution in [0.25, 0.3) is 0 Å². The Morgan fingerprint density at radius 1 is 1.15 bits per heavy atom. The Kier molecular flexibility index (Phi) is 5.93. The molecule has 0 bridgehead atoms. The molecule has 2 rings (SSSR count). The van der Waals surface area contributed by atoms with Crippen molar-refractivity contribution in [2.24, 2.45) is 5.11 Å². The molecule has 6 nitrogen and oxygen atoms in total. The summed E-state index contributed by atoms with van der Waals surface area (Å²) in [6, 6.07) is 9.45. The fraction of sp³-hybridized carbons (Fsp3) is 0.125. The maximum Gasteiger partial charge on any atom is 0.417 e. The standard InChI is InChI=1S/C16H13ClF3N5O/c17-13-5-4-11(7-12(13)16(18,19)20)24-14(26)8-23-10-3-1-2-9(6-10)15(21)25-22/h1-7,21-23H,8H2,(H,24,26). The number of hydrogen-bond acceptors (Lipinski definition) is 4. The van der Waals surface area contributed by atoms with Crippen molar-refractivity contribution in [2.45, 2.75) is 6.18 Å². The van der Waals surface area contributed by atoms with Gasteiger partial charge in [0.1, 0.15) is 0 Å². The zero-order valence-corrected chi connectivity index (χ0v) is 13.9. The largest absolute Gasteiger partial charge is 0.417 e. The van der Waals surface area contributed by atoms with Gasteiger partial charge in [0.25, 0.3) is 0 Å². The molecule has 0 saturated carbocycles. The monoisotopic (exact) mass is 383 g/mol. The van der Waals surface area contributed by atoms with Gasteiger partial charge in [-0.2, -0.15) is 13.2 Å². The van der Waals surface area contributed by atoms with Gasteiger partial charge in [-0.25, -0.2) is 5.53 Å². The first-order valence-corrected chi connectivity index (χ1v) is 7.55. The van der Waals surface area contributed by atoms with Crippen LogP contribution in [0, 0.1) is 10.9 Å². The predicted molar refractivity (Wildman–Crippen MR) is 92.0 cm³/mol. The number of amides is 1. The Morgan fingerprint density at radius 3 is 2.54 bits per heavy atom. The molecule has 0 unspecified atom stereocenters. The number of carbonyl (C=O) groups is 1. The summed E-state index contributed by atoms with van der Waals surface area (Å²) in [5.74, 6) is -0.801. The molecule has 0 atom stereocenters. The number of halogens is 4. The van der Waals surface area contributed by atoms with Crippen LogP contribution in [0.1, 0.15) is 11.1 Å². The van der Waals surface area contributed by atoms with Crippen molar-refractivity contribution >= 4 is 34.7 Å². The molecule has 0 saturated heterocycles. The van der Waals surface area contributed by atoms with Crippen molar-refractivity contribution in [1.29, 1.82) is 10.9 Å². The van der Waals surface area contributed by atoms with Crippen LogP contribution in [-0.2, 0) is 11.0 Å². The van der Waals surface area contributed by atoms with Gasteiger partial charge in [-0.3, -0.25) is 10.2 Å². The van der Waals surface area contributed by atoms with Gasteiger partial charge in [0.2, 0.25) is 5.91 Å². The van der Waals surface area contributed by atoms with Crippen molar-refractivity contribution in [3.05, 3.63) is 58.6 Å². The van der Waals surface area contributed by atoms with Gasteiger partial charge >= 0.3 is 6.18 Å². The third-order valence-electron chi connectivity index (χ3n) is 3.26. The molecule has 2 aromatic rings. The minimum atomic E-state index is -4.62. The third-order valence-corrected chi connectivity index (χ3v) is 3.59. The molecule has 0 aliphatic carbocycles. The second-order valence-corrected chi connectivity index (χ2v) is 5.54. The lowest BCUT2D eigenvalue weighted by Crippen LogP contribution is -2.22. The number of hydrogen-bond donors (Lipinski definition) is 4. The molecule has 0 spiro atoms. The molecule has 0 radical (unpaired) electrons. The molecule has 26 heavy (non-hydrogen) atoms. The van der Waals surface area contributed by atoms with Crippen LogP contribution in [0.15, 0.2) is 47.6 Å². The lowest BCUT2D eigenvalue weighted by Gasteiger charge is -2.12. The van der Waals surface area contributed by atoms with E-state index >= 15 is 0 Å². The van der Waals surface area contributed by atoms with Gasteiger partial charge < -0.3 is 10.6 Å². The van der Waals surface area contributed by atoms with Crippen molar-refractivity contribution in [3.63, 3.8) is 0 Å². The van der Waals surface area contributed by atoms with E-state index in [2.05, 4.69) is 15.7 Å². The summed E-state index contributed by atoms with van der Waals surface area (Å²) < 4.78 is 38.5. The van der Waals surface area contributed by atoms with E-state index in [9.17, 15) is 18.0 Å². The summed E-state index contributed by atoms with van der Waals surface area (Å²) in [4.78, 5) is 11.9. The van der Waals surface area contributed by atoms with E-state index in [1.54, 1.807) is 18.2 Å². The minimum Gasteiger partial charge on any atom is -0.376 e. The molecule has 0 aromatic heterocycles. The van der Waals surface area contributed by atoms with Crippen LogP contribution < -0.4 is 10.6 Å². The quantitative estimate of drug-likeness (QED) is 0.339. The van der Waals surface area contributed by atoms with E-state index in [1.165, 1.54) is 12.1 Å². The zero-order valence-electron chi connectivity index (χ0n) is 13.1. The van der Waals surface area contributed by atoms with Crippen LogP contribution in [0.5, 0.6) is 0 Å². The van der Waals surface area contributed by atoms with Crippen molar-refractivity contribution in [1.82, 2.24) is 0 Å². The fourth-order valence-corrected chi connectivity index (χ4v) is 2.27. The molecule has 0 fully saturated rings. The third kappa shape index (κ3) is 5.03. The van der Waals surface area contributed by atoms with Gasteiger partial charge in [-0.05, 0) is 30.3 Å². The first kappa shape index (κ1) is 19.4. The number of nitrogens with zero attached hydrogens (tertiary/aromatic N) is 1. The van der Waals surface area contributed by atoms with Crippen LogP contribution in [0.2, 0.25) is 5.02 Å². The number of carbonyl (C=O) groups excluding carboxylic acids is 1. The molecule has 136 valence electrons. The Hall–Kier alpha value is -2.94. The van der Waals surface area contributed by atoms with Crippen molar-refractivity contribution in [3.8, 4) is 0 Å². The molecule has 0 aliphatic heterocycles. The average molecular weight is 384 g/mol. The van der Waals surface area contributed by atoms with Crippen LogP contribution in [0.3, 0.4) is 0 Å². The maximum atomic E-state index is 12.8. The highest BCUT2D eigenvalue weighted by Gasteiger charge is 2.33. The maximum absolute atomic E-state index is 12.8. The molecule has 10 heteroatoms. The number of benzene rings is 2. The Balaban J connectivity index is 2.02. The SMILES string of the molecule is N=NC(=N)c1cccc(NCC(=O)Nc2ccc(Cl)c(C(F)(F)F)c2)c1. The van der Waals surface area contributed by atoms with Gasteiger partial charge in [0.15, 0.2) is 5.84 Å². The van der Waals surface area contributed by atoms with E-state index in [0.717, 1.165) is 12.1 Å². The summed E-state index contributed by atoms with van der Waals surface area (Å²) in [5, 5.41) is 15.2. The van der Waals surface area contributed by atoms with E-state index < -0.39 is 22.7 Å². The van der Waals surface area contributed by atoms with E-state index in [-0.39, 0.29) is 18.1 Å².